The normalized spacial score (nSPS) is 13.3. The number of hydrogen-bond acceptors (Lipinski definition) is 5. The first-order valence-corrected chi connectivity index (χ1v) is 16.8. The molecule has 5 nitrogen and oxygen atoms in total. The number of hydrogen-bond donors (Lipinski definition) is 2. The molecule has 4 aromatic rings. The molecule has 1 aromatic heterocycles. The highest BCUT2D eigenvalue weighted by atomic mass is 32.2. The van der Waals surface area contributed by atoms with Gasteiger partial charge in [-0.15, -0.1) is 23.1 Å². The maximum Gasteiger partial charge on any atom is 0.223 e. The van der Waals surface area contributed by atoms with Crippen LogP contribution in [0.1, 0.15) is 56.6 Å². The van der Waals surface area contributed by atoms with Crippen LogP contribution in [0.3, 0.4) is 0 Å². The molecular weight excluding hydrogens is 549 g/mol. The van der Waals surface area contributed by atoms with Gasteiger partial charge in [0.25, 0.3) is 0 Å². The van der Waals surface area contributed by atoms with E-state index in [0.717, 1.165) is 50.0 Å². The molecule has 0 atom stereocenters. The summed E-state index contributed by atoms with van der Waals surface area (Å²) in [6, 6.07) is 19.4. The molecule has 1 heterocycles. The summed E-state index contributed by atoms with van der Waals surface area (Å²) in [5, 5.41) is 12.1. The molecule has 0 spiro atoms. The summed E-state index contributed by atoms with van der Waals surface area (Å²) in [4.78, 5) is 25.2. The van der Waals surface area contributed by atoms with Crippen LogP contribution in [0, 0.1) is 5.92 Å². The molecule has 5 rings (SSSR count). The highest BCUT2D eigenvalue weighted by molar-refractivity contribution is 7.99. The minimum atomic E-state index is 0.138. The predicted molar refractivity (Wildman–Crippen MR) is 172 cm³/mol. The van der Waals surface area contributed by atoms with Crippen molar-refractivity contribution in [3.05, 3.63) is 71.1 Å². The van der Waals surface area contributed by atoms with Crippen LogP contribution in [0.2, 0.25) is 0 Å². The van der Waals surface area contributed by atoms with Crippen LogP contribution in [0.25, 0.3) is 20.9 Å². The van der Waals surface area contributed by atoms with Crippen molar-refractivity contribution in [2.75, 3.05) is 25.4 Å². The van der Waals surface area contributed by atoms with Gasteiger partial charge in [-0.3, -0.25) is 9.59 Å². The Morgan fingerprint density at radius 1 is 0.976 bits per heavy atom. The van der Waals surface area contributed by atoms with E-state index in [4.69, 9.17) is 4.74 Å². The molecule has 1 fully saturated rings. The summed E-state index contributed by atoms with van der Waals surface area (Å²) in [5.74, 6) is 2.45. The van der Waals surface area contributed by atoms with Gasteiger partial charge in [-0.1, -0.05) is 37.6 Å². The van der Waals surface area contributed by atoms with Crippen molar-refractivity contribution in [1.82, 2.24) is 10.6 Å². The fraction of sp³-hybridized carbons (Fsp3) is 0.412. The number of ether oxygens (including phenoxy) is 1. The number of thioether (sulfide) groups is 1. The molecule has 2 amide bonds. The third kappa shape index (κ3) is 8.04. The van der Waals surface area contributed by atoms with E-state index in [1.54, 1.807) is 11.3 Å². The first-order chi connectivity index (χ1) is 20.1. The van der Waals surface area contributed by atoms with Gasteiger partial charge in [0.1, 0.15) is 5.75 Å². The molecule has 7 heteroatoms. The van der Waals surface area contributed by atoms with E-state index in [-0.39, 0.29) is 17.7 Å². The minimum absolute atomic E-state index is 0.138. The first kappa shape index (κ1) is 29.5. The van der Waals surface area contributed by atoms with Crippen molar-refractivity contribution in [2.24, 2.45) is 5.92 Å². The second kappa shape index (κ2) is 14.7. The van der Waals surface area contributed by atoms with Crippen molar-refractivity contribution in [2.45, 2.75) is 63.2 Å². The molecule has 0 radical (unpaired) electrons. The average Bonchev–Trinajstić information content (AvgIpc) is 3.34. The molecule has 1 aliphatic carbocycles. The lowest BCUT2D eigenvalue weighted by Crippen LogP contribution is -2.35. The fourth-order valence-corrected chi connectivity index (χ4v) is 7.04. The van der Waals surface area contributed by atoms with Gasteiger partial charge >= 0.3 is 0 Å². The molecule has 1 aliphatic rings. The molecule has 216 valence electrons. The molecule has 41 heavy (non-hydrogen) atoms. The van der Waals surface area contributed by atoms with Crippen molar-refractivity contribution < 1.29 is 14.3 Å². The Balaban J connectivity index is 1.08. The third-order valence-corrected chi connectivity index (χ3v) is 9.85. The lowest BCUT2D eigenvalue weighted by molar-refractivity contribution is -0.127. The molecule has 0 saturated heterocycles. The first-order valence-electron chi connectivity index (χ1n) is 14.9. The summed E-state index contributed by atoms with van der Waals surface area (Å²) in [5.41, 5.74) is 2.55. The molecule has 0 aliphatic heterocycles. The number of carbonyl (C=O) groups excluding carboxylic acids is 2. The van der Waals surface area contributed by atoms with E-state index in [0.29, 0.717) is 26.1 Å². The van der Waals surface area contributed by atoms with Crippen molar-refractivity contribution in [3.63, 3.8) is 0 Å². The third-order valence-electron chi connectivity index (χ3n) is 7.76. The SMILES string of the molecule is CCCC(=O)NCCc1csc2ccc(SCCCOc3ccc4cccc(CCNC(=O)C5CCC5)c4c3)cc12. The molecule has 0 unspecified atom stereocenters. The topological polar surface area (TPSA) is 67.4 Å². The number of benzene rings is 3. The van der Waals surface area contributed by atoms with Crippen LogP contribution in [-0.2, 0) is 22.4 Å². The number of thiophene rings is 1. The molecule has 3 aromatic carbocycles. The zero-order chi connectivity index (χ0) is 28.4. The van der Waals surface area contributed by atoms with Gasteiger partial charge in [0.05, 0.1) is 6.61 Å². The lowest BCUT2D eigenvalue weighted by atomic mass is 9.85. The second-order valence-electron chi connectivity index (χ2n) is 10.8. The van der Waals surface area contributed by atoms with E-state index < -0.39 is 0 Å². The summed E-state index contributed by atoms with van der Waals surface area (Å²) >= 11 is 3.63. The monoisotopic (exact) mass is 588 g/mol. The van der Waals surface area contributed by atoms with Gasteiger partial charge in [-0.25, -0.2) is 0 Å². The van der Waals surface area contributed by atoms with E-state index in [2.05, 4.69) is 64.5 Å². The maximum atomic E-state index is 12.2. The van der Waals surface area contributed by atoms with Crippen LogP contribution in [0.5, 0.6) is 5.75 Å². The van der Waals surface area contributed by atoms with E-state index in [1.807, 2.05) is 24.8 Å². The van der Waals surface area contributed by atoms with Crippen LogP contribution >= 0.6 is 23.1 Å². The van der Waals surface area contributed by atoms with Crippen molar-refractivity contribution in [3.8, 4) is 5.75 Å². The summed E-state index contributed by atoms with van der Waals surface area (Å²) in [6.45, 7) is 4.05. The Bertz CT molecular complexity index is 1480. The Kier molecular flexibility index (Phi) is 10.6. The Hall–Kier alpha value is -3.03. The van der Waals surface area contributed by atoms with Crippen LogP contribution in [0.15, 0.2) is 64.9 Å². The standard InChI is InChI=1S/C34H40N2O3S2/c1-2-6-33(37)35-17-16-27-23-41-32-14-13-29(22-31(27)32)40-20-5-19-39-28-12-11-24-7-3-8-25(30(24)21-28)15-18-36-34(38)26-9-4-10-26/h3,7-8,11-14,21-23,26H,2,4-6,9-10,15-20H2,1H3,(H,35,37)(H,36,38). The number of amides is 2. The maximum absolute atomic E-state index is 12.2. The van der Waals surface area contributed by atoms with Crippen LogP contribution in [0.4, 0.5) is 0 Å². The van der Waals surface area contributed by atoms with Crippen LogP contribution in [-0.4, -0.2) is 37.3 Å². The van der Waals surface area contributed by atoms with Gasteiger partial charge in [-0.05, 0) is 102 Å². The van der Waals surface area contributed by atoms with Gasteiger partial charge in [0.15, 0.2) is 0 Å². The highest BCUT2D eigenvalue weighted by Crippen LogP contribution is 2.31. The van der Waals surface area contributed by atoms with Gasteiger partial charge < -0.3 is 15.4 Å². The quantitative estimate of drug-likeness (QED) is 0.111. The van der Waals surface area contributed by atoms with Gasteiger partial charge in [-0.2, -0.15) is 0 Å². The number of carbonyl (C=O) groups is 2. The fourth-order valence-electron chi connectivity index (χ4n) is 5.19. The van der Waals surface area contributed by atoms with Gasteiger partial charge in [0, 0.05) is 40.8 Å². The number of fused-ring (bicyclic) bond motifs is 2. The van der Waals surface area contributed by atoms with Crippen molar-refractivity contribution in [1.29, 1.82) is 0 Å². The van der Waals surface area contributed by atoms with Crippen molar-refractivity contribution >= 4 is 55.8 Å². The smallest absolute Gasteiger partial charge is 0.223 e. The molecule has 0 bridgehead atoms. The summed E-state index contributed by atoms with van der Waals surface area (Å²) < 4.78 is 7.44. The highest BCUT2D eigenvalue weighted by Gasteiger charge is 2.24. The van der Waals surface area contributed by atoms with Gasteiger partial charge in [0.2, 0.25) is 11.8 Å². The minimum Gasteiger partial charge on any atom is -0.494 e. The number of nitrogens with one attached hydrogen (secondary N) is 2. The molecule has 2 N–H and O–H groups in total. The summed E-state index contributed by atoms with van der Waals surface area (Å²) in [7, 11) is 0. The average molecular weight is 589 g/mol. The Morgan fingerprint density at radius 3 is 2.66 bits per heavy atom. The van der Waals surface area contributed by atoms with E-state index in [9.17, 15) is 9.59 Å². The Morgan fingerprint density at radius 2 is 1.83 bits per heavy atom. The summed E-state index contributed by atoms with van der Waals surface area (Å²) in [6.07, 6.45) is 7.35. The Labute approximate surface area is 251 Å². The zero-order valence-electron chi connectivity index (χ0n) is 23.9. The zero-order valence-corrected chi connectivity index (χ0v) is 25.5. The number of rotatable bonds is 15. The molecule has 1 saturated carbocycles. The van der Waals surface area contributed by atoms with Crippen LogP contribution < -0.4 is 15.4 Å². The largest absolute Gasteiger partial charge is 0.494 e. The molecular formula is C34H40N2O3S2. The second-order valence-corrected chi connectivity index (χ2v) is 12.9. The lowest BCUT2D eigenvalue weighted by Gasteiger charge is -2.24. The predicted octanol–water partition coefficient (Wildman–Crippen LogP) is 7.53. The van der Waals surface area contributed by atoms with E-state index in [1.165, 1.54) is 43.3 Å². The van der Waals surface area contributed by atoms with E-state index >= 15 is 0 Å².